The zero-order chi connectivity index (χ0) is 13.2. The SMILES string of the molecule is Nc1cccc2c1N(Cc1ccccc1Cl)CCO2. The lowest BCUT2D eigenvalue weighted by molar-refractivity contribution is 0.307. The van der Waals surface area contributed by atoms with Crippen molar-refractivity contribution in [3.8, 4) is 5.75 Å². The Hall–Kier alpha value is -1.87. The minimum Gasteiger partial charge on any atom is -0.489 e. The molecule has 0 aromatic heterocycles. The van der Waals surface area contributed by atoms with Crippen LogP contribution in [0.1, 0.15) is 5.56 Å². The maximum atomic E-state index is 6.22. The molecule has 1 aliphatic heterocycles. The Balaban J connectivity index is 1.94. The summed E-state index contributed by atoms with van der Waals surface area (Å²) < 4.78 is 5.65. The van der Waals surface area contributed by atoms with E-state index in [1.54, 1.807) is 0 Å². The Morgan fingerprint density at radius 2 is 2.00 bits per heavy atom. The van der Waals surface area contributed by atoms with Gasteiger partial charge in [-0.3, -0.25) is 0 Å². The second-order valence-electron chi connectivity index (χ2n) is 4.56. The molecule has 3 rings (SSSR count). The first-order chi connectivity index (χ1) is 9.25. The first kappa shape index (κ1) is 12.2. The van der Waals surface area contributed by atoms with Crippen molar-refractivity contribution in [1.82, 2.24) is 0 Å². The van der Waals surface area contributed by atoms with Crippen LogP contribution in [-0.4, -0.2) is 13.2 Å². The van der Waals surface area contributed by atoms with E-state index in [0.29, 0.717) is 6.61 Å². The lowest BCUT2D eigenvalue weighted by Crippen LogP contribution is -2.32. The Kier molecular flexibility index (Phi) is 3.22. The maximum Gasteiger partial charge on any atom is 0.144 e. The van der Waals surface area contributed by atoms with Crippen LogP contribution < -0.4 is 15.4 Å². The molecule has 2 aromatic carbocycles. The molecule has 4 heteroatoms. The van der Waals surface area contributed by atoms with Gasteiger partial charge in [-0.1, -0.05) is 35.9 Å². The Labute approximate surface area is 117 Å². The summed E-state index contributed by atoms with van der Waals surface area (Å²) in [7, 11) is 0. The average Bonchev–Trinajstić information content (AvgIpc) is 2.42. The van der Waals surface area contributed by atoms with Gasteiger partial charge in [0.25, 0.3) is 0 Å². The van der Waals surface area contributed by atoms with Crippen molar-refractivity contribution in [2.75, 3.05) is 23.8 Å². The molecule has 0 amide bonds. The molecule has 2 aromatic rings. The average molecular weight is 275 g/mol. The molecule has 0 unspecified atom stereocenters. The van der Waals surface area contributed by atoms with Gasteiger partial charge in [-0.2, -0.15) is 0 Å². The quantitative estimate of drug-likeness (QED) is 0.854. The summed E-state index contributed by atoms with van der Waals surface area (Å²) in [4.78, 5) is 2.22. The van der Waals surface area contributed by atoms with Crippen LogP contribution in [0.2, 0.25) is 5.02 Å². The highest BCUT2D eigenvalue weighted by Gasteiger charge is 2.21. The number of nitrogen functional groups attached to an aromatic ring is 1. The molecule has 19 heavy (non-hydrogen) atoms. The highest BCUT2D eigenvalue weighted by atomic mass is 35.5. The van der Waals surface area contributed by atoms with E-state index < -0.39 is 0 Å². The Morgan fingerprint density at radius 1 is 1.16 bits per heavy atom. The zero-order valence-corrected chi connectivity index (χ0v) is 11.2. The third kappa shape index (κ3) is 2.34. The number of anilines is 2. The molecular formula is C15H15ClN2O. The van der Waals surface area contributed by atoms with Gasteiger partial charge in [0.2, 0.25) is 0 Å². The van der Waals surface area contributed by atoms with Crippen LogP contribution in [0.15, 0.2) is 42.5 Å². The lowest BCUT2D eigenvalue weighted by Gasteiger charge is -2.32. The van der Waals surface area contributed by atoms with Crippen molar-refractivity contribution in [2.45, 2.75) is 6.54 Å². The minimum atomic E-state index is 0.668. The number of hydrogen-bond donors (Lipinski definition) is 1. The standard InChI is InChI=1S/C15H15ClN2O/c16-12-5-2-1-4-11(12)10-18-8-9-19-14-7-3-6-13(17)15(14)18/h1-7H,8-10,17H2. The van der Waals surface area contributed by atoms with Crippen molar-refractivity contribution >= 4 is 23.0 Å². The summed E-state index contributed by atoms with van der Waals surface area (Å²) in [5, 5.41) is 0.782. The molecule has 2 N–H and O–H groups in total. The number of fused-ring (bicyclic) bond motifs is 1. The topological polar surface area (TPSA) is 38.5 Å². The first-order valence-electron chi connectivity index (χ1n) is 6.25. The van der Waals surface area contributed by atoms with Gasteiger partial charge in [-0.05, 0) is 23.8 Å². The van der Waals surface area contributed by atoms with Crippen LogP contribution in [0.25, 0.3) is 0 Å². The molecular weight excluding hydrogens is 260 g/mol. The molecule has 0 saturated heterocycles. The Morgan fingerprint density at radius 3 is 2.84 bits per heavy atom. The van der Waals surface area contributed by atoms with Crippen molar-refractivity contribution in [2.24, 2.45) is 0 Å². The molecule has 0 aliphatic carbocycles. The van der Waals surface area contributed by atoms with Gasteiger partial charge in [0.15, 0.2) is 0 Å². The fourth-order valence-electron chi connectivity index (χ4n) is 2.36. The third-order valence-corrected chi connectivity index (χ3v) is 3.65. The van der Waals surface area contributed by atoms with E-state index >= 15 is 0 Å². The van der Waals surface area contributed by atoms with Gasteiger partial charge in [0.05, 0.1) is 12.2 Å². The Bertz CT molecular complexity index is 600. The number of para-hydroxylation sites is 1. The molecule has 0 fully saturated rings. The number of benzene rings is 2. The number of nitrogens with zero attached hydrogens (tertiary/aromatic N) is 1. The molecule has 0 saturated carbocycles. The smallest absolute Gasteiger partial charge is 0.144 e. The monoisotopic (exact) mass is 274 g/mol. The predicted molar refractivity (Wildman–Crippen MR) is 78.9 cm³/mol. The minimum absolute atomic E-state index is 0.668. The number of rotatable bonds is 2. The van der Waals surface area contributed by atoms with Crippen LogP contribution in [0.3, 0.4) is 0 Å². The van der Waals surface area contributed by atoms with Gasteiger partial charge in [-0.15, -0.1) is 0 Å². The second kappa shape index (κ2) is 5.02. The lowest BCUT2D eigenvalue weighted by atomic mass is 10.1. The second-order valence-corrected chi connectivity index (χ2v) is 4.96. The van der Waals surface area contributed by atoms with Gasteiger partial charge < -0.3 is 15.4 Å². The van der Waals surface area contributed by atoms with Gasteiger partial charge in [0, 0.05) is 11.6 Å². The molecule has 3 nitrogen and oxygen atoms in total. The normalized spacial score (nSPS) is 13.8. The van der Waals surface area contributed by atoms with Gasteiger partial charge in [0.1, 0.15) is 18.0 Å². The van der Waals surface area contributed by atoms with E-state index in [9.17, 15) is 0 Å². The van der Waals surface area contributed by atoms with Crippen LogP contribution >= 0.6 is 11.6 Å². The van der Waals surface area contributed by atoms with Crippen LogP contribution in [0.5, 0.6) is 5.75 Å². The molecule has 1 heterocycles. The van der Waals surface area contributed by atoms with E-state index in [0.717, 1.165) is 40.8 Å². The van der Waals surface area contributed by atoms with Crippen LogP contribution in [-0.2, 0) is 6.54 Å². The van der Waals surface area contributed by atoms with Crippen molar-refractivity contribution in [3.63, 3.8) is 0 Å². The van der Waals surface area contributed by atoms with Crippen LogP contribution in [0, 0.1) is 0 Å². The van der Waals surface area contributed by atoms with E-state index in [-0.39, 0.29) is 0 Å². The summed E-state index contributed by atoms with van der Waals surface area (Å²) >= 11 is 6.22. The van der Waals surface area contributed by atoms with Crippen LogP contribution in [0.4, 0.5) is 11.4 Å². The fourth-order valence-corrected chi connectivity index (χ4v) is 2.56. The van der Waals surface area contributed by atoms with E-state index in [4.69, 9.17) is 22.1 Å². The summed E-state index contributed by atoms with van der Waals surface area (Å²) in [6.07, 6.45) is 0. The highest BCUT2D eigenvalue weighted by molar-refractivity contribution is 6.31. The van der Waals surface area contributed by atoms with Gasteiger partial charge in [-0.25, -0.2) is 0 Å². The predicted octanol–water partition coefficient (Wildman–Crippen LogP) is 3.32. The first-order valence-corrected chi connectivity index (χ1v) is 6.63. The fraction of sp³-hybridized carbons (Fsp3) is 0.200. The largest absolute Gasteiger partial charge is 0.489 e. The zero-order valence-electron chi connectivity index (χ0n) is 10.5. The molecule has 0 radical (unpaired) electrons. The molecule has 1 aliphatic rings. The third-order valence-electron chi connectivity index (χ3n) is 3.28. The molecule has 98 valence electrons. The number of ether oxygens (including phenoxy) is 1. The van der Waals surface area contributed by atoms with E-state index in [2.05, 4.69) is 4.90 Å². The van der Waals surface area contributed by atoms with Crippen molar-refractivity contribution in [1.29, 1.82) is 0 Å². The van der Waals surface area contributed by atoms with E-state index in [1.165, 1.54) is 0 Å². The summed E-state index contributed by atoms with van der Waals surface area (Å²) in [6.45, 7) is 2.22. The van der Waals surface area contributed by atoms with Crippen molar-refractivity contribution in [3.05, 3.63) is 53.1 Å². The number of halogens is 1. The molecule has 0 spiro atoms. The van der Waals surface area contributed by atoms with E-state index in [1.807, 2.05) is 42.5 Å². The highest BCUT2D eigenvalue weighted by Crippen LogP contribution is 2.37. The summed E-state index contributed by atoms with van der Waals surface area (Å²) in [5.41, 5.74) is 8.87. The number of nitrogens with two attached hydrogens (primary N) is 1. The summed E-state index contributed by atoms with van der Waals surface area (Å²) in [5.74, 6) is 0.846. The van der Waals surface area contributed by atoms with Crippen molar-refractivity contribution < 1.29 is 4.74 Å². The summed E-state index contributed by atoms with van der Waals surface area (Å²) in [6, 6.07) is 13.6. The van der Waals surface area contributed by atoms with Gasteiger partial charge >= 0.3 is 0 Å². The maximum absolute atomic E-state index is 6.22. The number of hydrogen-bond acceptors (Lipinski definition) is 3. The molecule has 0 bridgehead atoms. The molecule has 0 atom stereocenters.